The van der Waals surface area contributed by atoms with Crippen LogP contribution in [0.4, 0.5) is 8.78 Å². The Hall–Kier alpha value is -0.510. The maximum Gasteiger partial charge on any atom is 0.258 e. The van der Waals surface area contributed by atoms with Gasteiger partial charge in [0.05, 0.1) is 5.41 Å². The van der Waals surface area contributed by atoms with Gasteiger partial charge < -0.3 is 0 Å². The van der Waals surface area contributed by atoms with E-state index in [4.69, 9.17) is 0 Å². The van der Waals surface area contributed by atoms with Crippen molar-refractivity contribution in [3.05, 3.63) is 28.5 Å². The number of aromatic nitrogens is 1. The van der Waals surface area contributed by atoms with E-state index in [9.17, 15) is 8.78 Å². The van der Waals surface area contributed by atoms with Crippen molar-refractivity contribution in [2.75, 3.05) is 0 Å². The molecule has 13 heavy (non-hydrogen) atoms. The molecule has 0 N–H and O–H groups in total. The Labute approximate surface area is 83.3 Å². The Morgan fingerprint density at radius 2 is 2.08 bits per heavy atom. The van der Waals surface area contributed by atoms with Gasteiger partial charge in [-0.2, -0.15) is 0 Å². The summed E-state index contributed by atoms with van der Waals surface area (Å²) in [6.07, 6.45) is 1.44. The molecule has 4 heteroatoms. The van der Waals surface area contributed by atoms with Crippen LogP contribution in [0.2, 0.25) is 0 Å². The van der Waals surface area contributed by atoms with Crippen molar-refractivity contribution in [2.24, 2.45) is 0 Å². The van der Waals surface area contributed by atoms with E-state index in [0.29, 0.717) is 10.2 Å². The van der Waals surface area contributed by atoms with E-state index >= 15 is 0 Å². The van der Waals surface area contributed by atoms with Crippen LogP contribution in [-0.2, 0) is 5.41 Å². The Kier molecular flexibility index (Phi) is 1.74. The molecule has 1 fully saturated rings. The molecule has 0 radical (unpaired) electrons. The minimum Gasteiger partial charge on any atom is -0.249 e. The lowest BCUT2D eigenvalue weighted by atomic mass is 10.00. The molecule has 0 amide bonds. The monoisotopic (exact) mass is 247 g/mol. The molecule has 0 saturated heterocycles. The van der Waals surface area contributed by atoms with Gasteiger partial charge in [0.25, 0.3) is 5.92 Å². The van der Waals surface area contributed by atoms with Gasteiger partial charge in [-0.1, -0.05) is 6.07 Å². The summed E-state index contributed by atoms with van der Waals surface area (Å²) in [5.74, 6) is -2.55. The molecule has 1 heterocycles. The molecular formula is C9H8BrF2N. The Balaban J connectivity index is 2.34. The maximum absolute atomic E-state index is 12.9. The van der Waals surface area contributed by atoms with Crippen LogP contribution in [-0.4, -0.2) is 10.9 Å². The SMILES string of the molecule is CC1(c2ccc(Br)nc2)CC1(F)F. The predicted octanol–water partition coefficient (Wildman–Crippen LogP) is 3.14. The van der Waals surface area contributed by atoms with Crippen molar-refractivity contribution in [2.45, 2.75) is 24.7 Å². The molecule has 1 atom stereocenters. The van der Waals surface area contributed by atoms with Crippen LogP contribution in [0.1, 0.15) is 18.9 Å². The summed E-state index contributed by atoms with van der Waals surface area (Å²) in [5.41, 5.74) is -0.374. The highest BCUT2D eigenvalue weighted by Gasteiger charge is 2.68. The molecule has 0 aromatic carbocycles. The topological polar surface area (TPSA) is 12.9 Å². The summed E-state index contributed by atoms with van der Waals surface area (Å²) in [6.45, 7) is 1.57. The van der Waals surface area contributed by atoms with Crippen molar-refractivity contribution in [1.82, 2.24) is 4.98 Å². The van der Waals surface area contributed by atoms with Crippen LogP contribution in [0.3, 0.4) is 0 Å². The zero-order valence-electron chi connectivity index (χ0n) is 7.02. The lowest BCUT2D eigenvalue weighted by Crippen LogP contribution is -2.11. The van der Waals surface area contributed by atoms with Gasteiger partial charge in [-0.05, 0) is 34.5 Å². The lowest BCUT2D eigenvalue weighted by Gasteiger charge is -2.09. The third-order valence-corrected chi connectivity index (χ3v) is 3.09. The molecule has 1 aromatic rings. The predicted molar refractivity (Wildman–Crippen MR) is 48.9 cm³/mol. The molecule has 0 spiro atoms. The van der Waals surface area contributed by atoms with Crippen LogP contribution in [0.25, 0.3) is 0 Å². The summed E-state index contributed by atoms with van der Waals surface area (Å²) in [7, 11) is 0. The van der Waals surface area contributed by atoms with Gasteiger partial charge in [-0.3, -0.25) is 0 Å². The van der Waals surface area contributed by atoms with Crippen LogP contribution in [0.15, 0.2) is 22.9 Å². The summed E-state index contributed by atoms with van der Waals surface area (Å²) in [6, 6.07) is 3.38. The van der Waals surface area contributed by atoms with Crippen LogP contribution >= 0.6 is 15.9 Å². The fraction of sp³-hybridized carbons (Fsp3) is 0.444. The standard InChI is InChI=1S/C9H8BrF2N/c1-8(5-9(8,11)12)6-2-3-7(10)13-4-6/h2-4H,5H2,1H3. The molecule has 1 aliphatic carbocycles. The number of halogens is 3. The first-order valence-corrected chi connectivity index (χ1v) is 4.75. The van der Waals surface area contributed by atoms with Gasteiger partial charge in [-0.15, -0.1) is 0 Å². The minimum absolute atomic E-state index is 0.0662. The molecule has 1 aliphatic rings. The Morgan fingerprint density at radius 3 is 2.46 bits per heavy atom. The van der Waals surface area contributed by atoms with Crippen molar-refractivity contribution in [3.63, 3.8) is 0 Å². The highest BCUT2D eigenvalue weighted by molar-refractivity contribution is 9.10. The Morgan fingerprint density at radius 1 is 1.46 bits per heavy atom. The molecule has 1 nitrogen and oxygen atoms in total. The minimum atomic E-state index is -2.55. The van der Waals surface area contributed by atoms with E-state index in [2.05, 4.69) is 20.9 Å². The van der Waals surface area contributed by atoms with E-state index in [1.165, 1.54) is 6.20 Å². The average Bonchev–Trinajstić information content (AvgIpc) is 2.53. The first kappa shape index (κ1) is 9.06. The van der Waals surface area contributed by atoms with Crippen LogP contribution in [0.5, 0.6) is 0 Å². The van der Waals surface area contributed by atoms with E-state index in [-0.39, 0.29) is 6.42 Å². The van der Waals surface area contributed by atoms with Gasteiger partial charge >= 0.3 is 0 Å². The Bertz CT molecular complexity index is 336. The highest BCUT2D eigenvalue weighted by Crippen LogP contribution is 2.61. The number of hydrogen-bond acceptors (Lipinski definition) is 1. The summed E-state index contributed by atoms with van der Waals surface area (Å²) in [5, 5.41) is 0. The van der Waals surface area contributed by atoms with E-state index < -0.39 is 11.3 Å². The second-order valence-corrected chi connectivity index (χ2v) is 4.40. The fourth-order valence-corrected chi connectivity index (χ4v) is 1.65. The van der Waals surface area contributed by atoms with Gasteiger partial charge in [0.15, 0.2) is 0 Å². The molecule has 70 valence electrons. The number of alkyl halides is 2. The van der Waals surface area contributed by atoms with E-state index in [1.54, 1.807) is 19.1 Å². The molecule has 1 saturated carbocycles. The quantitative estimate of drug-likeness (QED) is 0.695. The first-order valence-electron chi connectivity index (χ1n) is 3.96. The van der Waals surface area contributed by atoms with Crippen LogP contribution in [0, 0.1) is 0 Å². The lowest BCUT2D eigenvalue weighted by molar-refractivity contribution is 0.0919. The number of pyridine rings is 1. The average molecular weight is 248 g/mol. The zero-order chi connectivity index (χ0) is 9.69. The van der Waals surface area contributed by atoms with Crippen molar-refractivity contribution in [3.8, 4) is 0 Å². The van der Waals surface area contributed by atoms with E-state index in [1.807, 2.05) is 0 Å². The van der Waals surface area contributed by atoms with Gasteiger partial charge in [0, 0.05) is 12.6 Å². The van der Waals surface area contributed by atoms with Crippen molar-refractivity contribution >= 4 is 15.9 Å². The van der Waals surface area contributed by atoms with Gasteiger partial charge in [0.1, 0.15) is 4.60 Å². The third-order valence-electron chi connectivity index (χ3n) is 2.62. The zero-order valence-corrected chi connectivity index (χ0v) is 8.61. The normalized spacial score (nSPS) is 30.2. The smallest absolute Gasteiger partial charge is 0.249 e. The molecular weight excluding hydrogens is 240 g/mol. The second-order valence-electron chi connectivity index (χ2n) is 3.58. The van der Waals surface area contributed by atoms with Crippen molar-refractivity contribution < 1.29 is 8.78 Å². The van der Waals surface area contributed by atoms with Gasteiger partial charge in [0.2, 0.25) is 0 Å². The third kappa shape index (κ3) is 1.27. The van der Waals surface area contributed by atoms with E-state index in [0.717, 1.165) is 0 Å². The molecule has 0 bridgehead atoms. The number of hydrogen-bond donors (Lipinski definition) is 0. The number of rotatable bonds is 1. The summed E-state index contributed by atoms with van der Waals surface area (Å²) >= 11 is 3.16. The van der Waals surface area contributed by atoms with Crippen molar-refractivity contribution in [1.29, 1.82) is 0 Å². The largest absolute Gasteiger partial charge is 0.258 e. The number of nitrogens with zero attached hydrogens (tertiary/aromatic N) is 1. The molecule has 2 rings (SSSR count). The highest BCUT2D eigenvalue weighted by atomic mass is 79.9. The first-order chi connectivity index (χ1) is 5.96. The fourth-order valence-electron chi connectivity index (χ4n) is 1.42. The van der Waals surface area contributed by atoms with Crippen LogP contribution < -0.4 is 0 Å². The summed E-state index contributed by atoms with van der Waals surface area (Å²) < 4.78 is 26.5. The summed E-state index contributed by atoms with van der Waals surface area (Å²) in [4.78, 5) is 3.93. The molecule has 0 aliphatic heterocycles. The second kappa shape index (κ2) is 2.50. The molecule has 1 aromatic heterocycles. The van der Waals surface area contributed by atoms with Gasteiger partial charge in [-0.25, -0.2) is 13.8 Å². The molecule has 1 unspecified atom stereocenters. The maximum atomic E-state index is 12.9.